The van der Waals surface area contributed by atoms with Crippen LogP contribution in [0.2, 0.25) is 5.02 Å². The monoisotopic (exact) mass is 520 g/mol. The normalized spacial score (nSPS) is 16.2. The molecule has 2 aromatic carbocycles. The molecular weight excluding hydrogens is 500 g/mol. The molecule has 1 N–H and O–H groups in total. The van der Waals surface area contributed by atoms with E-state index in [1.807, 2.05) is 20.8 Å². The average Bonchev–Trinajstić information content (AvgIpc) is 2.74. The van der Waals surface area contributed by atoms with Crippen LogP contribution in [0.15, 0.2) is 46.4 Å². The maximum atomic E-state index is 13.1. The van der Waals surface area contributed by atoms with Gasteiger partial charge in [0.1, 0.15) is 5.57 Å². The summed E-state index contributed by atoms with van der Waals surface area (Å²) in [6.07, 6.45) is 2.19. The molecule has 1 heterocycles. The summed E-state index contributed by atoms with van der Waals surface area (Å²) in [4.78, 5) is 38.7. The molecule has 168 valence electrons. The van der Waals surface area contributed by atoms with Gasteiger partial charge in [-0.05, 0) is 84.2 Å². The molecule has 0 unspecified atom stereocenters. The number of nitrogens with one attached hydrogen (secondary N) is 1. The average molecular weight is 522 g/mol. The first-order valence-electron chi connectivity index (χ1n) is 10.0. The Balaban J connectivity index is 2.01. The standard InChI is InChI=1S/C23H22BrClN2O5/c1-4-13(3)32-20-18(24)11-14(12-19(20)31-5-2)10-17-21(28)26-23(30)27(22(17)29)16-8-6-15(25)7-9-16/h6-13H,4-5H2,1-3H3,(H,26,28,30)/b17-10+/t13-/m0/s1. The van der Waals surface area contributed by atoms with Crippen molar-refractivity contribution >= 4 is 57.1 Å². The minimum absolute atomic E-state index is 0.0284. The van der Waals surface area contributed by atoms with E-state index in [0.717, 1.165) is 11.3 Å². The number of nitrogens with zero attached hydrogens (tertiary/aromatic N) is 1. The molecule has 1 aliphatic rings. The second-order valence-electron chi connectivity index (χ2n) is 7.03. The minimum Gasteiger partial charge on any atom is -0.490 e. The number of carbonyl (C=O) groups is 3. The molecule has 1 aliphatic heterocycles. The van der Waals surface area contributed by atoms with Crippen LogP contribution in [-0.2, 0) is 9.59 Å². The summed E-state index contributed by atoms with van der Waals surface area (Å²) in [5.74, 6) is -0.501. The maximum absolute atomic E-state index is 13.1. The van der Waals surface area contributed by atoms with Crippen molar-refractivity contribution in [1.29, 1.82) is 0 Å². The second kappa shape index (κ2) is 10.2. The number of barbiturate groups is 1. The van der Waals surface area contributed by atoms with E-state index in [1.165, 1.54) is 18.2 Å². The summed E-state index contributed by atoms with van der Waals surface area (Å²) >= 11 is 9.38. The molecule has 0 spiro atoms. The van der Waals surface area contributed by atoms with Crippen LogP contribution in [0, 0.1) is 0 Å². The van der Waals surface area contributed by atoms with E-state index >= 15 is 0 Å². The van der Waals surface area contributed by atoms with Gasteiger partial charge in [-0.3, -0.25) is 14.9 Å². The zero-order valence-electron chi connectivity index (χ0n) is 17.8. The fraction of sp³-hybridized carbons (Fsp3) is 0.261. The lowest BCUT2D eigenvalue weighted by molar-refractivity contribution is -0.122. The van der Waals surface area contributed by atoms with Gasteiger partial charge in [0.05, 0.1) is 22.9 Å². The second-order valence-corrected chi connectivity index (χ2v) is 8.32. The lowest BCUT2D eigenvalue weighted by atomic mass is 10.1. The largest absolute Gasteiger partial charge is 0.490 e. The molecule has 4 amide bonds. The van der Waals surface area contributed by atoms with Crippen LogP contribution >= 0.6 is 27.5 Å². The molecule has 1 saturated heterocycles. The van der Waals surface area contributed by atoms with Crippen molar-refractivity contribution in [2.75, 3.05) is 11.5 Å². The van der Waals surface area contributed by atoms with Crippen LogP contribution in [-0.4, -0.2) is 30.6 Å². The molecule has 0 bridgehead atoms. The van der Waals surface area contributed by atoms with Crippen LogP contribution in [0.4, 0.5) is 10.5 Å². The number of halogens is 2. The van der Waals surface area contributed by atoms with Crippen LogP contribution in [0.25, 0.3) is 6.08 Å². The molecule has 7 nitrogen and oxygen atoms in total. The highest BCUT2D eigenvalue weighted by molar-refractivity contribution is 9.10. The molecule has 1 atom stereocenters. The third kappa shape index (κ3) is 5.14. The van der Waals surface area contributed by atoms with E-state index in [4.69, 9.17) is 21.1 Å². The van der Waals surface area contributed by atoms with Gasteiger partial charge in [-0.2, -0.15) is 0 Å². The van der Waals surface area contributed by atoms with E-state index in [1.54, 1.807) is 24.3 Å². The Labute approximate surface area is 199 Å². The SMILES string of the molecule is CCOc1cc(/C=C2\C(=O)NC(=O)N(c3ccc(Cl)cc3)C2=O)cc(Br)c1O[C@@H](C)CC. The van der Waals surface area contributed by atoms with Crippen molar-refractivity contribution in [3.63, 3.8) is 0 Å². The van der Waals surface area contributed by atoms with E-state index in [2.05, 4.69) is 21.2 Å². The Kier molecular flexibility index (Phi) is 7.58. The number of rotatable bonds is 7. The number of carbonyl (C=O) groups excluding carboxylic acids is 3. The molecule has 0 saturated carbocycles. The van der Waals surface area contributed by atoms with Gasteiger partial charge in [-0.15, -0.1) is 0 Å². The van der Waals surface area contributed by atoms with Gasteiger partial charge < -0.3 is 9.47 Å². The van der Waals surface area contributed by atoms with Gasteiger partial charge in [0.25, 0.3) is 11.8 Å². The summed E-state index contributed by atoms with van der Waals surface area (Å²) < 4.78 is 12.3. The van der Waals surface area contributed by atoms with Gasteiger partial charge in [0.15, 0.2) is 11.5 Å². The Morgan fingerprint density at radius 1 is 1.16 bits per heavy atom. The zero-order chi connectivity index (χ0) is 23.4. The quantitative estimate of drug-likeness (QED) is 0.392. The predicted octanol–water partition coefficient (Wildman–Crippen LogP) is 5.34. The number of urea groups is 1. The van der Waals surface area contributed by atoms with Crippen molar-refractivity contribution in [1.82, 2.24) is 5.32 Å². The third-order valence-corrected chi connectivity index (χ3v) is 5.56. The van der Waals surface area contributed by atoms with Crippen molar-refractivity contribution in [3.05, 3.63) is 57.0 Å². The number of anilines is 1. The van der Waals surface area contributed by atoms with E-state index in [-0.39, 0.29) is 11.7 Å². The Morgan fingerprint density at radius 2 is 1.84 bits per heavy atom. The highest BCUT2D eigenvalue weighted by Gasteiger charge is 2.36. The first kappa shape index (κ1) is 23.8. The van der Waals surface area contributed by atoms with Gasteiger partial charge in [0, 0.05) is 5.02 Å². The molecule has 1 fully saturated rings. The molecule has 0 aromatic heterocycles. The summed E-state index contributed by atoms with van der Waals surface area (Å²) in [7, 11) is 0. The van der Waals surface area contributed by atoms with E-state index in [9.17, 15) is 14.4 Å². The van der Waals surface area contributed by atoms with Crippen molar-refractivity contribution in [2.24, 2.45) is 0 Å². The van der Waals surface area contributed by atoms with Crippen LogP contribution in [0.1, 0.15) is 32.8 Å². The number of imide groups is 2. The number of benzene rings is 2. The molecule has 32 heavy (non-hydrogen) atoms. The van der Waals surface area contributed by atoms with Crippen LogP contribution in [0.5, 0.6) is 11.5 Å². The number of hydrogen-bond acceptors (Lipinski definition) is 5. The maximum Gasteiger partial charge on any atom is 0.335 e. The number of ether oxygens (including phenoxy) is 2. The van der Waals surface area contributed by atoms with Gasteiger partial charge >= 0.3 is 6.03 Å². The highest BCUT2D eigenvalue weighted by Crippen LogP contribution is 2.38. The van der Waals surface area contributed by atoms with E-state index < -0.39 is 17.8 Å². The molecule has 0 aliphatic carbocycles. The van der Waals surface area contributed by atoms with Crippen LogP contribution < -0.4 is 19.7 Å². The van der Waals surface area contributed by atoms with Crippen molar-refractivity contribution in [3.8, 4) is 11.5 Å². The number of hydrogen-bond donors (Lipinski definition) is 1. The Morgan fingerprint density at radius 3 is 2.47 bits per heavy atom. The third-order valence-electron chi connectivity index (χ3n) is 4.72. The lowest BCUT2D eigenvalue weighted by Crippen LogP contribution is -2.54. The molecular formula is C23H22BrClN2O5. The minimum atomic E-state index is -0.826. The van der Waals surface area contributed by atoms with Gasteiger partial charge in [0.2, 0.25) is 0 Å². The van der Waals surface area contributed by atoms with Crippen LogP contribution in [0.3, 0.4) is 0 Å². The Bertz CT molecular complexity index is 1080. The predicted molar refractivity (Wildman–Crippen MR) is 126 cm³/mol. The van der Waals surface area contributed by atoms with Gasteiger partial charge in [-0.1, -0.05) is 18.5 Å². The summed E-state index contributed by atoms with van der Waals surface area (Å²) in [5.41, 5.74) is 0.633. The highest BCUT2D eigenvalue weighted by atomic mass is 79.9. The Hall–Kier alpha value is -2.84. The topological polar surface area (TPSA) is 84.9 Å². The first-order chi connectivity index (χ1) is 15.2. The van der Waals surface area contributed by atoms with E-state index in [0.29, 0.717) is 38.9 Å². The van der Waals surface area contributed by atoms with Gasteiger partial charge in [-0.25, -0.2) is 9.69 Å². The molecule has 3 rings (SSSR count). The summed E-state index contributed by atoms with van der Waals surface area (Å²) in [6.45, 7) is 6.21. The lowest BCUT2D eigenvalue weighted by Gasteiger charge is -2.26. The molecule has 2 aromatic rings. The number of amides is 4. The fourth-order valence-electron chi connectivity index (χ4n) is 2.98. The van der Waals surface area contributed by atoms with Crippen molar-refractivity contribution in [2.45, 2.75) is 33.3 Å². The smallest absolute Gasteiger partial charge is 0.335 e. The van der Waals surface area contributed by atoms with Crippen molar-refractivity contribution < 1.29 is 23.9 Å². The summed E-state index contributed by atoms with van der Waals surface area (Å²) in [6, 6.07) is 8.74. The molecule has 9 heteroatoms. The first-order valence-corrected chi connectivity index (χ1v) is 11.2. The zero-order valence-corrected chi connectivity index (χ0v) is 20.1. The fourth-order valence-corrected chi connectivity index (χ4v) is 3.66. The molecule has 0 radical (unpaired) electrons. The summed E-state index contributed by atoms with van der Waals surface area (Å²) in [5, 5.41) is 2.66.